The molecule has 82 valence electrons. The van der Waals surface area contributed by atoms with Crippen LogP contribution in [0, 0.1) is 0 Å². The van der Waals surface area contributed by atoms with Gasteiger partial charge in [0.2, 0.25) is 0 Å². The minimum Gasteiger partial charge on any atom is -0.387 e. The zero-order chi connectivity index (χ0) is 11.4. The summed E-state index contributed by atoms with van der Waals surface area (Å²) in [5, 5.41) is 5.47. The molecule has 0 fully saturated rings. The van der Waals surface area contributed by atoms with Crippen molar-refractivity contribution >= 4 is 22.7 Å². The smallest absolute Gasteiger partial charge is 0.120 e. The van der Waals surface area contributed by atoms with E-state index in [1.165, 1.54) is 5.56 Å². The van der Waals surface area contributed by atoms with Gasteiger partial charge in [-0.1, -0.05) is 12.1 Å². The van der Waals surface area contributed by atoms with Crippen molar-refractivity contribution in [2.24, 2.45) is 0 Å². The maximum Gasteiger partial charge on any atom is 0.120 e. The number of benzene rings is 1. The molecule has 0 atom stereocenters. The molecule has 0 unspecified atom stereocenters. The van der Waals surface area contributed by atoms with Crippen molar-refractivity contribution in [3.63, 3.8) is 0 Å². The highest BCUT2D eigenvalue weighted by atomic mass is 16.1. The minimum atomic E-state index is 0.561. The van der Waals surface area contributed by atoms with Crippen LogP contribution in [-0.2, 0) is 11.2 Å². The lowest BCUT2D eigenvalue weighted by atomic mass is 10.0. The van der Waals surface area contributed by atoms with E-state index < -0.39 is 0 Å². The van der Waals surface area contributed by atoms with Crippen LogP contribution in [0.2, 0.25) is 0 Å². The lowest BCUT2D eigenvalue weighted by Crippen LogP contribution is -1.97. The van der Waals surface area contributed by atoms with Crippen LogP contribution in [0.3, 0.4) is 0 Å². The van der Waals surface area contributed by atoms with E-state index in [0.717, 1.165) is 29.2 Å². The van der Waals surface area contributed by atoms with Gasteiger partial charge in [-0.25, -0.2) is 0 Å². The van der Waals surface area contributed by atoms with E-state index >= 15 is 0 Å². The molecule has 1 N–H and O–H groups in total. The summed E-state index contributed by atoms with van der Waals surface area (Å²) in [6.45, 7) is 0. The summed E-state index contributed by atoms with van der Waals surface area (Å²) in [7, 11) is 1.90. The summed E-state index contributed by atoms with van der Waals surface area (Å²) in [5.41, 5.74) is 2.27. The number of anilines is 1. The highest BCUT2D eigenvalue weighted by molar-refractivity contribution is 5.94. The van der Waals surface area contributed by atoms with E-state index in [9.17, 15) is 4.79 Å². The molecule has 2 aromatic rings. The van der Waals surface area contributed by atoms with E-state index in [2.05, 4.69) is 16.4 Å². The fourth-order valence-corrected chi connectivity index (χ4v) is 1.93. The molecule has 0 aliphatic rings. The first kappa shape index (κ1) is 10.6. The van der Waals surface area contributed by atoms with Crippen molar-refractivity contribution in [1.29, 1.82) is 0 Å². The first-order valence-electron chi connectivity index (χ1n) is 5.34. The zero-order valence-electron chi connectivity index (χ0n) is 9.23. The van der Waals surface area contributed by atoms with Crippen molar-refractivity contribution in [1.82, 2.24) is 4.98 Å². The SMILES string of the molecule is CNc1c(CCC=O)ccc2cnccc12. The number of rotatable bonds is 4. The highest BCUT2D eigenvalue weighted by Crippen LogP contribution is 2.27. The molecule has 0 bridgehead atoms. The minimum absolute atomic E-state index is 0.561. The molecule has 2 rings (SSSR count). The number of carbonyl (C=O) groups excluding carboxylic acids is 1. The lowest BCUT2D eigenvalue weighted by Gasteiger charge is -2.11. The van der Waals surface area contributed by atoms with Crippen LogP contribution in [-0.4, -0.2) is 18.3 Å². The summed E-state index contributed by atoms with van der Waals surface area (Å²) in [6, 6.07) is 6.09. The van der Waals surface area contributed by atoms with E-state index in [4.69, 9.17) is 0 Å². The molecule has 16 heavy (non-hydrogen) atoms. The average Bonchev–Trinajstić information content (AvgIpc) is 2.35. The van der Waals surface area contributed by atoms with E-state index in [1.54, 1.807) is 6.20 Å². The van der Waals surface area contributed by atoms with Gasteiger partial charge in [-0.3, -0.25) is 4.98 Å². The average molecular weight is 214 g/mol. The van der Waals surface area contributed by atoms with Gasteiger partial charge < -0.3 is 10.1 Å². The normalized spacial score (nSPS) is 10.3. The zero-order valence-corrected chi connectivity index (χ0v) is 9.23. The summed E-state index contributed by atoms with van der Waals surface area (Å²) in [6.07, 6.45) is 5.92. The third-order valence-corrected chi connectivity index (χ3v) is 2.69. The van der Waals surface area contributed by atoms with Gasteiger partial charge in [-0.15, -0.1) is 0 Å². The lowest BCUT2D eigenvalue weighted by molar-refractivity contribution is -0.107. The third kappa shape index (κ3) is 1.89. The van der Waals surface area contributed by atoms with Gasteiger partial charge in [0.05, 0.1) is 0 Å². The van der Waals surface area contributed by atoms with E-state index in [-0.39, 0.29) is 0 Å². The maximum absolute atomic E-state index is 10.4. The quantitative estimate of drug-likeness (QED) is 0.795. The van der Waals surface area contributed by atoms with Crippen LogP contribution in [0.1, 0.15) is 12.0 Å². The number of pyridine rings is 1. The number of aryl methyl sites for hydroxylation is 1. The number of aldehydes is 1. The second-order valence-corrected chi connectivity index (χ2v) is 3.65. The van der Waals surface area contributed by atoms with Crippen molar-refractivity contribution in [2.45, 2.75) is 12.8 Å². The molecule has 1 aromatic carbocycles. The number of aromatic nitrogens is 1. The second-order valence-electron chi connectivity index (χ2n) is 3.65. The summed E-state index contributed by atoms with van der Waals surface area (Å²) < 4.78 is 0. The summed E-state index contributed by atoms with van der Waals surface area (Å²) in [4.78, 5) is 14.5. The second kappa shape index (κ2) is 4.75. The Hall–Kier alpha value is -1.90. The molecule has 0 aliphatic heterocycles. The van der Waals surface area contributed by atoms with E-state index in [0.29, 0.717) is 6.42 Å². The number of hydrogen-bond acceptors (Lipinski definition) is 3. The highest BCUT2D eigenvalue weighted by Gasteiger charge is 2.05. The topological polar surface area (TPSA) is 42.0 Å². The Morgan fingerprint density at radius 2 is 2.25 bits per heavy atom. The maximum atomic E-state index is 10.4. The first-order valence-corrected chi connectivity index (χ1v) is 5.34. The molecule has 0 aliphatic carbocycles. The Bertz CT molecular complexity index is 508. The van der Waals surface area contributed by atoms with Crippen molar-refractivity contribution in [3.8, 4) is 0 Å². The van der Waals surface area contributed by atoms with Gasteiger partial charge in [0, 0.05) is 42.3 Å². The molecule has 0 saturated carbocycles. The summed E-state index contributed by atoms with van der Waals surface area (Å²) >= 11 is 0. The molecule has 0 radical (unpaired) electrons. The Morgan fingerprint density at radius 1 is 1.38 bits per heavy atom. The van der Waals surface area contributed by atoms with Gasteiger partial charge in [-0.2, -0.15) is 0 Å². The monoisotopic (exact) mass is 214 g/mol. The standard InChI is InChI=1S/C13H14N2O/c1-14-13-10(3-2-8-16)4-5-11-9-15-7-6-12(11)13/h4-9,14H,2-3H2,1H3. The van der Waals surface area contributed by atoms with Crippen molar-refractivity contribution < 1.29 is 4.79 Å². The fraction of sp³-hybridized carbons (Fsp3) is 0.231. The van der Waals surface area contributed by atoms with Crippen LogP contribution in [0.4, 0.5) is 5.69 Å². The molecule has 1 heterocycles. The van der Waals surface area contributed by atoms with Gasteiger partial charge in [0.1, 0.15) is 6.29 Å². The van der Waals surface area contributed by atoms with Crippen LogP contribution in [0.15, 0.2) is 30.6 Å². The first-order chi connectivity index (χ1) is 7.86. The molecule has 1 aromatic heterocycles. The van der Waals surface area contributed by atoms with Crippen molar-refractivity contribution in [3.05, 3.63) is 36.2 Å². The number of carbonyl (C=O) groups is 1. The molecule has 0 saturated heterocycles. The number of nitrogens with one attached hydrogen (secondary N) is 1. The predicted molar refractivity (Wildman–Crippen MR) is 65.7 cm³/mol. The largest absolute Gasteiger partial charge is 0.387 e. The molecular formula is C13H14N2O. The number of nitrogens with zero attached hydrogens (tertiary/aromatic N) is 1. The van der Waals surface area contributed by atoms with Crippen LogP contribution in [0.5, 0.6) is 0 Å². The third-order valence-electron chi connectivity index (χ3n) is 2.69. The molecular weight excluding hydrogens is 200 g/mol. The molecule has 0 spiro atoms. The Labute approximate surface area is 94.5 Å². The molecule has 3 nitrogen and oxygen atoms in total. The predicted octanol–water partition coefficient (Wildman–Crippen LogP) is 2.41. The Kier molecular flexibility index (Phi) is 3.15. The Morgan fingerprint density at radius 3 is 3.00 bits per heavy atom. The van der Waals surface area contributed by atoms with Crippen LogP contribution < -0.4 is 5.32 Å². The fourth-order valence-electron chi connectivity index (χ4n) is 1.93. The van der Waals surface area contributed by atoms with Crippen LogP contribution >= 0.6 is 0 Å². The van der Waals surface area contributed by atoms with Gasteiger partial charge in [-0.05, 0) is 18.1 Å². The van der Waals surface area contributed by atoms with Gasteiger partial charge in [0.15, 0.2) is 0 Å². The van der Waals surface area contributed by atoms with Gasteiger partial charge in [0.25, 0.3) is 0 Å². The van der Waals surface area contributed by atoms with E-state index in [1.807, 2.05) is 25.4 Å². The molecule has 0 amide bonds. The van der Waals surface area contributed by atoms with Crippen LogP contribution in [0.25, 0.3) is 10.8 Å². The number of fused-ring (bicyclic) bond motifs is 1. The summed E-state index contributed by atoms with van der Waals surface area (Å²) in [5.74, 6) is 0. The Balaban J connectivity index is 2.53. The van der Waals surface area contributed by atoms with Crippen molar-refractivity contribution in [2.75, 3.05) is 12.4 Å². The number of hydrogen-bond donors (Lipinski definition) is 1. The van der Waals surface area contributed by atoms with Gasteiger partial charge >= 0.3 is 0 Å². The molecule has 3 heteroatoms.